The maximum Gasteiger partial charge on any atom is 0.226 e. The zero-order valence-corrected chi connectivity index (χ0v) is 16.2. The summed E-state index contributed by atoms with van der Waals surface area (Å²) in [4.78, 5) is 30.1. The van der Waals surface area contributed by atoms with Crippen molar-refractivity contribution in [1.29, 1.82) is 0 Å². The number of hydrogen-bond acceptors (Lipinski definition) is 4. The Bertz CT molecular complexity index is 946. The molecule has 0 atom stereocenters. The molecular weight excluding hydrogens is 366 g/mol. The Morgan fingerprint density at radius 3 is 2.48 bits per heavy atom. The highest BCUT2D eigenvalue weighted by Gasteiger charge is 2.13. The van der Waals surface area contributed by atoms with Crippen molar-refractivity contribution in [3.05, 3.63) is 84.7 Å². The van der Waals surface area contributed by atoms with Crippen LogP contribution in [0.1, 0.15) is 18.9 Å². The van der Waals surface area contributed by atoms with Crippen molar-refractivity contribution in [2.75, 3.05) is 11.9 Å². The van der Waals surface area contributed by atoms with Gasteiger partial charge in [0.2, 0.25) is 11.8 Å². The van der Waals surface area contributed by atoms with Gasteiger partial charge in [0, 0.05) is 38.8 Å². The summed E-state index contributed by atoms with van der Waals surface area (Å²) in [6.07, 6.45) is 3.58. The largest absolute Gasteiger partial charge is 0.455 e. The predicted octanol–water partition coefficient (Wildman–Crippen LogP) is 4.25. The first-order valence-electron chi connectivity index (χ1n) is 9.38. The van der Waals surface area contributed by atoms with Crippen molar-refractivity contribution >= 4 is 17.5 Å². The van der Waals surface area contributed by atoms with Gasteiger partial charge in [-0.15, -0.1) is 0 Å². The molecule has 29 heavy (non-hydrogen) atoms. The number of para-hydroxylation sites is 3. The minimum absolute atomic E-state index is 0.0885. The molecule has 0 aliphatic heterocycles. The summed E-state index contributed by atoms with van der Waals surface area (Å²) in [5, 5.41) is 2.87. The Labute approximate surface area is 170 Å². The van der Waals surface area contributed by atoms with Gasteiger partial charge in [0.05, 0.1) is 5.69 Å². The molecule has 0 aliphatic carbocycles. The van der Waals surface area contributed by atoms with Gasteiger partial charge >= 0.3 is 0 Å². The first kappa shape index (κ1) is 20.1. The van der Waals surface area contributed by atoms with Gasteiger partial charge in [-0.1, -0.05) is 36.4 Å². The summed E-state index contributed by atoms with van der Waals surface area (Å²) in [5.74, 6) is 0.972. The Hall–Kier alpha value is -3.67. The second-order valence-electron chi connectivity index (χ2n) is 6.51. The molecule has 2 amide bonds. The van der Waals surface area contributed by atoms with E-state index in [4.69, 9.17) is 4.74 Å². The number of carbonyl (C=O) groups excluding carboxylic acids is 2. The van der Waals surface area contributed by atoms with Crippen molar-refractivity contribution in [3.63, 3.8) is 0 Å². The van der Waals surface area contributed by atoms with Gasteiger partial charge in [-0.3, -0.25) is 14.6 Å². The predicted molar refractivity (Wildman–Crippen MR) is 112 cm³/mol. The smallest absolute Gasteiger partial charge is 0.226 e. The molecule has 0 fully saturated rings. The van der Waals surface area contributed by atoms with E-state index >= 15 is 0 Å². The van der Waals surface area contributed by atoms with E-state index in [1.807, 2.05) is 54.6 Å². The number of hydrogen-bond donors (Lipinski definition) is 1. The molecule has 1 N–H and O–H groups in total. The molecule has 0 spiro atoms. The topological polar surface area (TPSA) is 71.5 Å². The van der Waals surface area contributed by atoms with Crippen LogP contribution in [0.2, 0.25) is 0 Å². The van der Waals surface area contributed by atoms with Crippen LogP contribution in [0, 0.1) is 0 Å². The monoisotopic (exact) mass is 389 g/mol. The van der Waals surface area contributed by atoms with Crippen LogP contribution in [-0.2, 0) is 16.1 Å². The molecule has 0 saturated carbocycles. The number of ether oxygens (including phenoxy) is 1. The lowest BCUT2D eigenvalue weighted by molar-refractivity contribution is -0.129. The molecular formula is C23H23N3O3. The zero-order chi connectivity index (χ0) is 20.5. The van der Waals surface area contributed by atoms with E-state index in [1.165, 1.54) is 6.92 Å². The Morgan fingerprint density at radius 2 is 1.76 bits per heavy atom. The van der Waals surface area contributed by atoms with Crippen LogP contribution in [0.4, 0.5) is 5.69 Å². The fourth-order valence-electron chi connectivity index (χ4n) is 2.78. The number of nitrogens with one attached hydrogen (secondary N) is 1. The highest BCUT2D eigenvalue weighted by Crippen LogP contribution is 2.29. The van der Waals surface area contributed by atoms with Crippen LogP contribution in [-0.4, -0.2) is 28.2 Å². The molecule has 6 nitrogen and oxygen atoms in total. The number of benzene rings is 2. The van der Waals surface area contributed by atoms with E-state index in [0.717, 1.165) is 5.56 Å². The van der Waals surface area contributed by atoms with Crippen molar-refractivity contribution in [3.8, 4) is 11.5 Å². The average Bonchev–Trinajstić information content (AvgIpc) is 2.74. The molecule has 148 valence electrons. The summed E-state index contributed by atoms with van der Waals surface area (Å²) in [6.45, 7) is 2.24. The third-order valence-corrected chi connectivity index (χ3v) is 4.28. The quantitative estimate of drug-likeness (QED) is 0.625. The van der Waals surface area contributed by atoms with Crippen LogP contribution < -0.4 is 10.1 Å². The molecule has 0 saturated heterocycles. The van der Waals surface area contributed by atoms with E-state index in [1.54, 1.807) is 29.4 Å². The molecule has 1 heterocycles. The van der Waals surface area contributed by atoms with Crippen molar-refractivity contribution < 1.29 is 14.3 Å². The van der Waals surface area contributed by atoms with E-state index in [-0.39, 0.29) is 18.2 Å². The average molecular weight is 389 g/mol. The SMILES string of the molecule is CC(=O)N(CCC(=O)Nc1ccccc1Oc1ccccc1)Cc1cccnc1. The summed E-state index contributed by atoms with van der Waals surface area (Å²) in [6, 6.07) is 20.4. The third kappa shape index (κ3) is 6.17. The van der Waals surface area contributed by atoms with Crippen molar-refractivity contribution in [2.24, 2.45) is 0 Å². The molecule has 2 aromatic carbocycles. The lowest BCUT2D eigenvalue weighted by Gasteiger charge is -2.21. The second kappa shape index (κ2) is 10.0. The van der Waals surface area contributed by atoms with Gasteiger partial charge in [0.25, 0.3) is 0 Å². The number of amides is 2. The van der Waals surface area contributed by atoms with Gasteiger partial charge in [0.1, 0.15) is 5.75 Å². The van der Waals surface area contributed by atoms with E-state index in [2.05, 4.69) is 10.3 Å². The lowest BCUT2D eigenvalue weighted by Crippen LogP contribution is -2.31. The minimum atomic E-state index is -0.188. The first-order chi connectivity index (χ1) is 14.1. The number of nitrogens with zero attached hydrogens (tertiary/aromatic N) is 2. The van der Waals surface area contributed by atoms with E-state index in [9.17, 15) is 9.59 Å². The maximum atomic E-state index is 12.5. The highest BCUT2D eigenvalue weighted by atomic mass is 16.5. The number of aromatic nitrogens is 1. The lowest BCUT2D eigenvalue weighted by atomic mass is 10.2. The standard InChI is InChI=1S/C23H23N3O3/c1-18(27)26(17-19-8-7-14-24-16-19)15-13-23(28)25-21-11-5-6-12-22(21)29-20-9-3-2-4-10-20/h2-12,14,16H,13,15,17H2,1H3,(H,25,28). The fraction of sp³-hybridized carbons (Fsp3) is 0.174. The Morgan fingerprint density at radius 1 is 1.00 bits per heavy atom. The van der Waals surface area contributed by atoms with Crippen LogP contribution in [0.3, 0.4) is 0 Å². The van der Waals surface area contributed by atoms with Gasteiger partial charge in [-0.25, -0.2) is 0 Å². The highest BCUT2D eigenvalue weighted by molar-refractivity contribution is 5.92. The summed E-state index contributed by atoms with van der Waals surface area (Å²) < 4.78 is 5.87. The first-order valence-corrected chi connectivity index (χ1v) is 9.38. The molecule has 6 heteroatoms. The Kier molecular flexibility index (Phi) is 6.95. The molecule has 0 aliphatic rings. The van der Waals surface area contributed by atoms with E-state index < -0.39 is 0 Å². The summed E-state index contributed by atoms with van der Waals surface area (Å²) >= 11 is 0. The van der Waals surface area contributed by atoms with Crippen LogP contribution >= 0.6 is 0 Å². The van der Waals surface area contributed by atoms with Gasteiger partial charge in [-0.2, -0.15) is 0 Å². The summed E-state index contributed by atoms with van der Waals surface area (Å²) in [5.41, 5.74) is 1.51. The fourth-order valence-corrected chi connectivity index (χ4v) is 2.78. The van der Waals surface area contributed by atoms with Crippen molar-refractivity contribution in [2.45, 2.75) is 19.9 Å². The van der Waals surface area contributed by atoms with Crippen LogP contribution in [0.15, 0.2) is 79.1 Å². The van der Waals surface area contributed by atoms with Gasteiger partial charge in [-0.05, 0) is 35.9 Å². The molecule has 0 bridgehead atoms. The zero-order valence-electron chi connectivity index (χ0n) is 16.2. The second-order valence-corrected chi connectivity index (χ2v) is 6.51. The minimum Gasteiger partial charge on any atom is -0.455 e. The number of rotatable bonds is 8. The van der Waals surface area contributed by atoms with Crippen molar-refractivity contribution in [1.82, 2.24) is 9.88 Å². The number of pyridine rings is 1. The van der Waals surface area contributed by atoms with E-state index in [0.29, 0.717) is 30.3 Å². The Balaban J connectivity index is 1.59. The summed E-state index contributed by atoms with van der Waals surface area (Å²) in [7, 11) is 0. The molecule has 1 aromatic heterocycles. The number of anilines is 1. The molecule has 3 rings (SSSR count). The molecule has 0 unspecified atom stereocenters. The number of carbonyl (C=O) groups is 2. The maximum absolute atomic E-state index is 12.5. The van der Waals surface area contributed by atoms with Gasteiger partial charge in [0.15, 0.2) is 5.75 Å². The van der Waals surface area contributed by atoms with Gasteiger partial charge < -0.3 is 15.0 Å². The van der Waals surface area contributed by atoms with Crippen LogP contribution in [0.5, 0.6) is 11.5 Å². The molecule has 0 radical (unpaired) electrons. The normalized spacial score (nSPS) is 10.2. The molecule has 3 aromatic rings. The third-order valence-electron chi connectivity index (χ3n) is 4.28. The van der Waals surface area contributed by atoms with Crippen LogP contribution in [0.25, 0.3) is 0 Å².